The SMILES string of the molecule is CCC(O)COCCCCCCCCCCCCO. The summed E-state index contributed by atoms with van der Waals surface area (Å²) in [6.07, 6.45) is 12.9. The van der Waals surface area contributed by atoms with Crippen molar-refractivity contribution in [2.45, 2.75) is 83.7 Å². The molecule has 0 rings (SSSR count). The molecule has 1 unspecified atom stereocenters. The molecule has 0 heterocycles. The van der Waals surface area contributed by atoms with E-state index in [2.05, 4.69) is 0 Å². The normalized spacial score (nSPS) is 12.8. The number of rotatable bonds is 15. The zero-order valence-corrected chi connectivity index (χ0v) is 12.8. The minimum Gasteiger partial charge on any atom is -0.396 e. The molecule has 0 aliphatic carbocycles. The van der Waals surface area contributed by atoms with Crippen LogP contribution in [0.3, 0.4) is 0 Å². The second-order valence-electron chi connectivity index (χ2n) is 5.40. The topological polar surface area (TPSA) is 49.7 Å². The molecule has 0 aromatic heterocycles. The molecule has 0 radical (unpaired) electrons. The van der Waals surface area contributed by atoms with Crippen molar-refractivity contribution in [2.75, 3.05) is 19.8 Å². The predicted octanol–water partition coefficient (Wildman–Crippen LogP) is 3.67. The fraction of sp³-hybridized carbons (Fsp3) is 1.00. The van der Waals surface area contributed by atoms with Gasteiger partial charge in [-0.15, -0.1) is 0 Å². The van der Waals surface area contributed by atoms with Crippen molar-refractivity contribution >= 4 is 0 Å². The molecule has 0 bridgehead atoms. The fourth-order valence-corrected chi connectivity index (χ4v) is 2.07. The molecule has 0 aromatic rings. The summed E-state index contributed by atoms with van der Waals surface area (Å²) in [6.45, 7) is 3.59. The lowest BCUT2D eigenvalue weighted by Gasteiger charge is -2.08. The van der Waals surface area contributed by atoms with Crippen LogP contribution in [0.5, 0.6) is 0 Å². The predicted molar refractivity (Wildman–Crippen MR) is 80.4 cm³/mol. The third-order valence-corrected chi connectivity index (χ3v) is 3.48. The average molecular weight is 274 g/mol. The second kappa shape index (κ2) is 15.9. The van der Waals surface area contributed by atoms with Crippen LogP contribution in [0, 0.1) is 0 Å². The van der Waals surface area contributed by atoms with E-state index in [-0.39, 0.29) is 6.10 Å². The van der Waals surface area contributed by atoms with E-state index in [4.69, 9.17) is 9.84 Å². The number of aliphatic hydroxyl groups is 2. The monoisotopic (exact) mass is 274 g/mol. The summed E-state index contributed by atoms with van der Waals surface area (Å²) in [6, 6.07) is 0. The van der Waals surface area contributed by atoms with Crippen LogP contribution in [0.25, 0.3) is 0 Å². The molecule has 0 amide bonds. The van der Waals surface area contributed by atoms with Crippen molar-refractivity contribution in [3.63, 3.8) is 0 Å². The molecule has 0 spiro atoms. The molecule has 116 valence electrons. The van der Waals surface area contributed by atoms with Gasteiger partial charge in [0.1, 0.15) is 0 Å². The first-order valence-electron chi connectivity index (χ1n) is 8.18. The molecular weight excluding hydrogens is 240 g/mol. The number of unbranched alkanes of at least 4 members (excludes halogenated alkanes) is 9. The van der Waals surface area contributed by atoms with E-state index in [9.17, 15) is 5.11 Å². The molecular formula is C16H34O3. The lowest BCUT2D eigenvalue weighted by molar-refractivity contribution is 0.0335. The molecule has 1 atom stereocenters. The van der Waals surface area contributed by atoms with E-state index in [1.54, 1.807) is 0 Å². The Labute approximate surface area is 119 Å². The Morgan fingerprint density at radius 1 is 0.789 bits per heavy atom. The van der Waals surface area contributed by atoms with Crippen LogP contribution in [0.2, 0.25) is 0 Å². The van der Waals surface area contributed by atoms with Crippen LogP contribution < -0.4 is 0 Å². The summed E-state index contributed by atoms with van der Waals surface area (Å²) in [4.78, 5) is 0. The first kappa shape index (κ1) is 18.9. The zero-order chi connectivity index (χ0) is 14.2. The van der Waals surface area contributed by atoms with Crippen LogP contribution in [0.4, 0.5) is 0 Å². The zero-order valence-electron chi connectivity index (χ0n) is 12.8. The highest BCUT2D eigenvalue weighted by Gasteiger charge is 1.99. The summed E-state index contributed by atoms with van der Waals surface area (Å²) in [5.74, 6) is 0. The Kier molecular flexibility index (Phi) is 15.8. The molecule has 2 N–H and O–H groups in total. The van der Waals surface area contributed by atoms with Crippen molar-refractivity contribution in [2.24, 2.45) is 0 Å². The molecule has 0 saturated heterocycles. The molecule has 3 heteroatoms. The van der Waals surface area contributed by atoms with E-state index >= 15 is 0 Å². The van der Waals surface area contributed by atoms with Crippen LogP contribution >= 0.6 is 0 Å². The maximum atomic E-state index is 9.30. The van der Waals surface area contributed by atoms with Gasteiger partial charge < -0.3 is 14.9 Å². The lowest BCUT2D eigenvalue weighted by Crippen LogP contribution is -2.14. The van der Waals surface area contributed by atoms with E-state index in [1.807, 2.05) is 6.92 Å². The number of aliphatic hydroxyl groups excluding tert-OH is 2. The van der Waals surface area contributed by atoms with Crippen molar-refractivity contribution in [1.29, 1.82) is 0 Å². The second-order valence-corrected chi connectivity index (χ2v) is 5.40. The van der Waals surface area contributed by atoms with E-state index in [1.165, 1.54) is 51.4 Å². The van der Waals surface area contributed by atoms with Gasteiger partial charge in [0, 0.05) is 13.2 Å². The molecule has 0 aliphatic heterocycles. The molecule has 0 saturated carbocycles. The number of hydrogen-bond donors (Lipinski definition) is 2. The lowest BCUT2D eigenvalue weighted by atomic mass is 10.1. The van der Waals surface area contributed by atoms with Crippen molar-refractivity contribution < 1.29 is 14.9 Å². The van der Waals surface area contributed by atoms with Crippen molar-refractivity contribution in [1.82, 2.24) is 0 Å². The fourth-order valence-electron chi connectivity index (χ4n) is 2.07. The first-order valence-corrected chi connectivity index (χ1v) is 8.18. The molecule has 3 nitrogen and oxygen atoms in total. The van der Waals surface area contributed by atoms with Gasteiger partial charge in [-0.05, 0) is 19.3 Å². The van der Waals surface area contributed by atoms with Gasteiger partial charge >= 0.3 is 0 Å². The standard InChI is InChI=1S/C16H34O3/c1-2-16(18)15-19-14-12-10-8-6-4-3-5-7-9-11-13-17/h16-18H,2-15H2,1H3. The maximum absolute atomic E-state index is 9.30. The summed E-state index contributed by atoms with van der Waals surface area (Å²) in [5.41, 5.74) is 0. The molecule has 0 aromatic carbocycles. The Morgan fingerprint density at radius 3 is 1.74 bits per heavy atom. The Hall–Kier alpha value is -0.120. The van der Waals surface area contributed by atoms with Gasteiger partial charge in [-0.3, -0.25) is 0 Å². The smallest absolute Gasteiger partial charge is 0.0771 e. The summed E-state index contributed by atoms with van der Waals surface area (Å²) in [7, 11) is 0. The summed E-state index contributed by atoms with van der Waals surface area (Å²) >= 11 is 0. The van der Waals surface area contributed by atoms with Crippen molar-refractivity contribution in [3.8, 4) is 0 Å². The van der Waals surface area contributed by atoms with Gasteiger partial charge in [0.2, 0.25) is 0 Å². The van der Waals surface area contributed by atoms with Gasteiger partial charge in [-0.1, -0.05) is 58.3 Å². The first-order chi connectivity index (χ1) is 9.31. The van der Waals surface area contributed by atoms with Crippen LogP contribution in [-0.4, -0.2) is 36.1 Å². The summed E-state index contributed by atoms with van der Waals surface area (Å²) < 4.78 is 5.40. The maximum Gasteiger partial charge on any atom is 0.0771 e. The minimum absolute atomic E-state index is 0.286. The molecule has 0 fully saturated rings. The van der Waals surface area contributed by atoms with Gasteiger partial charge in [-0.2, -0.15) is 0 Å². The number of ether oxygens (including phenoxy) is 1. The largest absolute Gasteiger partial charge is 0.396 e. The average Bonchev–Trinajstić information content (AvgIpc) is 2.43. The van der Waals surface area contributed by atoms with Crippen LogP contribution in [0.1, 0.15) is 77.6 Å². The number of hydrogen-bond acceptors (Lipinski definition) is 3. The van der Waals surface area contributed by atoms with Gasteiger partial charge in [-0.25, -0.2) is 0 Å². The molecule has 19 heavy (non-hydrogen) atoms. The summed E-state index contributed by atoms with van der Waals surface area (Å²) in [5, 5.41) is 17.9. The van der Waals surface area contributed by atoms with Gasteiger partial charge in [0.25, 0.3) is 0 Å². The molecule has 0 aliphatic rings. The van der Waals surface area contributed by atoms with E-state index < -0.39 is 0 Å². The highest BCUT2D eigenvalue weighted by Crippen LogP contribution is 2.10. The quantitative estimate of drug-likeness (QED) is 0.448. The van der Waals surface area contributed by atoms with Gasteiger partial charge in [0.15, 0.2) is 0 Å². The highest BCUT2D eigenvalue weighted by atomic mass is 16.5. The van der Waals surface area contributed by atoms with Crippen LogP contribution in [0.15, 0.2) is 0 Å². The van der Waals surface area contributed by atoms with E-state index in [0.29, 0.717) is 13.2 Å². The van der Waals surface area contributed by atoms with Crippen molar-refractivity contribution in [3.05, 3.63) is 0 Å². The third kappa shape index (κ3) is 15.8. The Balaban J connectivity index is 2.95. The highest BCUT2D eigenvalue weighted by molar-refractivity contribution is 4.50. The van der Waals surface area contributed by atoms with Gasteiger partial charge in [0.05, 0.1) is 12.7 Å². The van der Waals surface area contributed by atoms with E-state index in [0.717, 1.165) is 25.9 Å². The van der Waals surface area contributed by atoms with Crippen LogP contribution in [-0.2, 0) is 4.74 Å². The third-order valence-electron chi connectivity index (χ3n) is 3.48. The Bertz CT molecular complexity index is 162. The minimum atomic E-state index is -0.286. The Morgan fingerprint density at radius 2 is 1.26 bits per heavy atom.